The molecule has 3 N–H and O–H groups in total. The van der Waals surface area contributed by atoms with Crippen LogP contribution in [0.3, 0.4) is 0 Å². The topological polar surface area (TPSA) is 121 Å². The van der Waals surface area contributed by atoms with Gasteiger partial charge in [0.2, 0.25) is 5.88 Å². The van der Waals surface area contributed by atoms with Crippen LogP contribution in [0.1, 0.15) is 42.4 Å². The van der Waals surface area contributed by atoms with Crippen molar-refractivity contribution in [1.29, 1.82) is 0 Å². The van der Waals surface area contributed by atoms with E-state index in [-0.39, 0.29) is 42.6 Å². The van der Waals surface area contributed by atoms with E-state index in [4.69, 9.17) is 9.47 Å². The number of aromatic hydroxyl groups is 1. The maximum atomic E-state index is 13.6. The molecule has 0 bridgehead atoms. The summed E-state index contributed by atoms with van der Waals surface area (Å²) in [5.74, 6) is -0.402. The Morgan fingerprint density at radius 2 is 1.94 bits per heavy atom. The smallest absolute Gasteiger partial charge is 0.407 e. The van der Waals surface area contributed by atoms with Crippen LogP contribution in [0.4, 0.5) is 9.18 Å². The highest BCUT2D eigenvalue weighted by Gasteiger charge is 2.34. The monoisotopic (exact) mass is 461 g/mol. The highest BCUT2D eigenvalue weighted by Crippen LogP contribution is 2.28. The van der Waals surface area contributed by atoms with Crippen LogP contribution >= 0.6 is 0 Å². The summed E-state index contributed by atoms with van der Waals surface area (Å²) >= 11 is 0. The molecule has 1 saturated heterocycles. The number of phenolic OH excluding ortho intramolecular Hbond substituents is 1. The van der Waals surface area contributed by atoms with Gasteiger partial charge in [-0.15, -0.1) is 0 Å². The lowest BCUT2D eigenvalue weighted by Crippen LogP contribution is -2.32. The highest BCUT2D eigenvalue weighted by atomic mass is 19.1. The Morgan fingerprint density at radius 1 is 1.21 bits per heavy atom. The summed E-state index contributed by atoms with van der Waals surface area (Å²) in [5, 5.41) is 22.3. The Kier molecular flexibility index (Phi) is 7.06. The van der Waals surface area contributed by atoms with E-state index in [0.29, 0.717) is 11.3 Å². The second kappa shape index (κ2) is 9.62. The SMILES string of the molecule is Cc1cc(CNC(=O)OC(C)(C)C)cc(Oc2cc(O)cc(C(=O)N3CC(O)C(F)C3)c2)n1. The number of likely N-dealkylation sites (tertiary alicyclic amines) is 1. The van der Waals surface area contributed by atoms with Crippen LogP contribution in [0.5, 0.6) is 17.4 Å². The van der Waals surface area contributed by atoms with E-state index in [2.05, 4.69) is 10.3 Å². The Balaban J connectivity index is 1.73. The summed E-state index contributed by atoms with van der Waals surface area (Å²) in [7, 11) is 0. The first kappa shape index (κ1) is 24.2. The summed E-state index contributed by atoms with van der Waals surface area (Å²) in [6, 6.07) is 7.35. The number of pyridine rings is 1. The second-order valence-electron chi connectivity index (χ2n) is 8.92. The molecule has 2 unspecified atom stereocenters. The normalized spacial score (nSPS) is 18.2. The van der Waals surface area contributed by atoms with Crippen molar-refractivity contribution in [1.82, 2.24) is 15.2 Å². The van der Waals surface area contributed by atoms with Gasteiger partial charge in [-0.05, 0) is 51.5 Å². The van der Waals surface area contributed by atoms with E-state index >= 15 is 0 Å². The average Bonchev–Trinajstić information content (AvgIpc) is 3.02. The number of alkyl halides is 1. The first-order valence-electron chi connectivity index (χ1n) is 10.5. The molecule has 1 fully saturated rings. The van der Waals surface area contributed by atoms with Gasteiger partial charge in [0.05, 0.1) is 6.54 Å². The van der Waals surface area contributed by atoms with Crippen molar-refractivity contribution in [3.8, 4) is 17.4 Å². The number of β-amino-alcohol motifs (C(OH)–C–C–N with tert-alkyl or cyclic N) is 1. The van der Waals surface area contributed by atoms with Crippen molar-refractivity contribution < 1.29 is 33.7 Å². The van der Waals surface area contributed by atoms with Gasteiger partial charge in [-0.2, -0.15) is 0 Å². The Labute approximate surface area is 191 Å². The Morgan fingerprint density at radius 3 is 2.58 bits per heavy atom. The first-order chi connectivity index (χ1) is 15.4. The summed E-state index contributed by atoms with van der Waals surface area (Å²) in [4.78, 5) is 30.0. The number of benzene rings is 1. The van der Waals surface area contributed by atoms with E-state index in [9.17, 15) is 24.2 Å². The molecule has 9 nitrogen and oxygen atoms in total. The van der Waals surface area contributed by atoms with Gasteiger partial charge in [0.25, 0.3) is 5.91 Å². The summed E-state index contributed by atoms with van der Waals surface area (Å²) in [5.41, 5.74) is 0.811. The van der Waals surface area contributed by atoms with Crippen LogP contribution in [0.15, 0.2) is 30.3 Å². The molecular formula is C23H28FN3O6. The number of aryl methyl sites for hydroxylation is 1. The largest absolute Gasteiger partial charge is 0.508 e. The van der Waals surface area contributed by atoms with E-state index in [1.54, 1.807) is 39.8 Å². The van der Waals surface area contributed by atoms with Crippen molar-refractivity contribution >= 4 is 12.0 Å². The molecule has 3 rings (SSSR count). The number of halogens is 1. The molecular weight excluding hydrogens is 433 g/mol. The minimum Gasteiger partial charge on any atom is -0.508 e. The van der Waals surface area contributed by atoms with Gasteiger partial charge in [0.1, 0.15) is 29.4 Å². The third kappa shape index (κ3) is 6.79. The standard InChI is InChI=1S/C23H28FN3O6/c1-13-5-14(10-25-22(31)33-23(2,3)4)6-20(26-13)32-17-8-15(7-16(28)9-17)21(30)27-11-18(24)19(29)12-27/h5-9,18-19,28-29H,10-12H2,1-4H3,(H,25,31). The fourth-order valence-electron chi connectivity index (χ4n) is 3.33. The van der Waals surface area contributed by atoms with Gasteiger partial charge in [0.15, 0.2) is 0 Å². The fraction of sp³-hybridized carbons (Fsp3) is 0.435. The molecule has 2 heterocycles. The van der Waals surface area contributed by atoms with Gasteiger partial charge >= 0.3 is 6.09 Å². The van der Waals surface area contributed by atoms with E-state index in [1.165, 1.54) is 23.1 Å². The number of aliphatic hydroxyl groups excluding tert-OH is 1. The molecule has 1 aliphatic heterocycles. The predicted molar refractivity (Wildman–Crippen MR) is 117 cm³/mol. The van der Waals surface area contributed by atoms with Crippen LogP contribution in [0.25, 0.3) is 0 Å². The zero-order valence-electron chi connectivity index (χ0n) is 19.0. The quantitative estimate of drug-likeness (QED) is 0.626. The van der Waals surface area contributed by atoms with Crippen molar-refractivity contribution in [3.63, 3.8) is 0 Å². The number of ether oxygens (including phenoxy) is 2. The van der Waals surface area contributed by atoms with Crippen LogP contribution in [0, 0.1) is 6.92 Å². The number of hydrogen-bond acceptors (Lipinski definition) is 7. The summed E-state index contributed by atoms with van der Waals surface area (Å²) in [6.07, 6.45) is -3.30. The molecule has 0 spiro atoms. The number of aliphatic hydroxyl groups is 1. The molecule has 2 amide bonds. The molecule has 10 heteroatoms. The van der Waals surface area contributed by atoms with E-state index in [1.807, 2.05) is 0 Å². The maximum Gasteiger partial charge on any atom is 0.407 e. The third-order valence-corrected chi connectivity index (χ3v) is 4.69. The van der Waals surface area contributed by atoms with Crippen LogP contribution in [-0.4, -0.2) is 63.1 Å². The number of nitrogens with zero attached hydrogens (tertiary/aromatic N) is 2. The molecule has 0 aliphatic carbocycles. The minimum atomic E-state index is -1.51. The van der Waals surface area contributed by atoms with Gasteiger partial charge in [-0.25, -0.2) is 14.2 Å². The third-order valence-electron chi connectivity index (χ3n) is 4.69. The highest BCUT2D eigenvalue weighted by molar-refractivity contribution is 5.95. The Hall–Kier alpha value is -3.40. The second-order valence-corrected chi connectivity index (χ2v) is 8.92. The predicted octanol–water partition coefficient (Wildman–Crippen LogP) is 3.07. The van der Waals surface area contributed by atoms with Crippen molar-refractivity contribution in [2.24, 2.45) is 0 Å². The van der Waals surface area contributed by atoms with Crippen LogP contribution in [-0.2, 0) is 11.3 Å². The van der Waals surface area contributed by atoms with Crippen LogP contribution < -0.4 is 10.1 Å². The molecule has 2 atom stereocenters. The molecule has 0 saturated carbocycles. The van der Waals surface area contributed by atoms with Crippen LogP contribution in [0.2, 0.25) is 0 Å². The van der Waals surface area contributed by atoms with Gasteiger partial charge in [-0.1, -0.05) is 0 Å². The van der Waals surface area contributed by atoms with Crippen molar-refractivity contribution in [2.75, 3.05) is 13.1 Å². The zero-order chi connectivity index (χ0) is 24.3. The minimum absolute atomic E-state index is 0.0887. The Bertz CT molecular complexity index is 1030. The van der Waals surface area contributed by atoms with Crippen molar-refractivity contribution in [2.45, 2.75) is 52.1 Å². The number of amides is 2. The lowest BCUT2D eigenvalue weighted by atomic mass is 10.1. The number of hydrogen-bond donors (Lipinski definition) is 3. The lowest BCUT2D eigenvalue weighted by Gasteiger charge is -2.19. The average molecular weight is 461 g/mol. The number of rotatable bonds is 5. The summed E-state index contributed by atoms with van der Waals surface area (Å²) < 4.78 is 24.6. The van der Waals surface area contributed by atoms with E-state index in [0.717, 1.165) is 0 Å². The molecule has 0 radical (unpaired) electrons. The number of phenols is 1. The number of carbonyl (C=O) groups excluding carboxylic acids is 2. The van der Waals surface area contributed by atoms with Gasteiger partial charge in [-0.3, -0.25) is 4.79 Å². The molecule has 1 aromatic carbocycles. The maximum absolute atomic E-state index is 13.6. The molecule has 33 heavy (non-hydrogen) atoms. The number of alkyl carbamates (subject to hydrolysis) is 1. The molecule has 1 aliphatic rings. The van der Waals surface area contributed by atoms with E-state index < -0.39 is 29.9 Å². The van der Waals surface area contributed by atoms with Crippen molar-refractivity contribution in [3.05, 3.63) is 47.2 Å². The number of aromatic nitrogens is 1. The molecule has 178 valence electrons. The van der Waals surface area contributed by atoms with Gasteiger partial charge < -0.3 is 29.9 Å². The lowest BCUT2D eigenvalue weighted by molar-refractivity contribution is 0.0523. The molecule has 1 aromatic heterocycles. The number of carbonyl (C=O) groups is 2. The fourth-order valence-corrected chi connectivity index (χ4v) is 3.33. The van der Waals surface area contributed by atoms with Gasteiger partial charge in [0, 0.05) is 36.5 Å². The summed E-state index contributed by atoms with van der Waals surface area (Å²) in [6.45, 7) is 6.90. The number of nitrogens with one attached hydrogen (secondary N) is 1. The molecule has 2 aromatic rings. The first-order valence-corrected chi connectivity index (χ1v) is 10.5. The zero-order valence-corrected chi connectivity index (χ0v) is 19.0.